The fraction of sp³-hybridized carbons (Fsp3) is 0.350. The Balaban J connectivity index is 1.68. The van der Waals surface area contributed by atoms with Crippen LogP contribution in [0.2, 0.25) is 0 Å². The molecule has 1 atom stereocenters. The van der Waals surface area contributed by atoms with Gasteiger partial charge in [-0.3, -0.25) is 0 Å². The van der Waals surface area contributed by atoms with Crippen molar-refractivity contribution in [2.45, 2.75) is 32.8 Å². The molecule has 1 unspecified atom stereocenters. The van der Waals surface area contributed by atoms with Crippen molar-refractivity contribution >= 4 is 11.4 Å². The predicted molar refractivity (Wildman–Crippen MR) is 103 cm³/mol. The SMILES string of the molecule is CCC(CC)C(O)c1ccc(Nc2ccc(-c3nnnn3C)cc2)cc1. The average molecular weight is 351 g/mol. The van der Waals surface area contributed by atoms with Crippen LogP contribution in [-0.2, 0) is 7.05 Å². The highest BCUT2D eigenvalue weighted by atomic mass is 16.3. The second-order valence-corrected chi connectivity index (χ2v) is 6.47. The first-order valence-electron chi connectivity index (χ1n) is 9.00. The minimum Gasteiger partial charge on any atom is -0.388 e. The normalized spacial score (nSPS) is 12.3. The molecule has 0 saturated carbocycles. The van der Waals surface area contributed by atoms with Crippen LogP contribution in [0.4, 0.5) is 11.4 Å². The van der Waals surface area contributed by atoms with E-state index in [0.717, 1.165) is 41.2 Å². The van der Waals surface area contributed by atoms with E-state index < -0.39 is 6.10 Å². The van der Waals surface area contributed by atoms with Crippen LogP contribution in [0.1, 0.15) is 38.4 Å². The average Bonchev–Trinajstić information content (AvgIpc) is 3.10. The summed E-state index contributed by atoms with van der Waals surface area (Å²) in [5.41, 5.74) is 3.90. The van der Waals surface area contributed by atoms with Crippen LogP contribution in [0.15, 0.2) is 48.5 Å². The van der Waals surface area contributed by atoms with E-state index in [9.17, 15) is 5.11 Å². The number of aliphatic hydroxyl groups is 1. The van der Waals surface area contributed by atoms with Gasteiger partial charge < -0.3 is 10.4 Å². The van der Waals surface area contributed by atoms with Crippen molar-refractivity contribution in [2.24, 2.45) is 13.0 Å². The number of aliphatic hydroxyl groups excluding tert-OH is 1. The molecule has 0 aliphatic rings. The molecular formula is C20H25N5O. The van der Waals surface area contributed by atoms with Gasteiger partial charge in [0.05, 0.1) is 6.10 Å². The molecule has 0 spiro atoms. The van der Waals surface area contributed by atoms with Gasteiger partial charge in [-0.15, -0.1) is 5.10 Å². The molecule has 0 saturated heterocycles. The van der Waals surface area contributed by atoms with Gasteiger partial charge in [0.15, 0.2) is 5.82 Å². The van der Waals surface area contributed by atoms with Gasteiger partial charge in [0.2, 0.25) is 0 Å². The van der Waals surface area contributed by atoms with Crippen molar-refractivity contribution < 1.29 is 5.11 Å². The topological polar surface area (TPSA) is 75.9 Å². The molecule has 3 rings (SSSR count). The quantitative estimate of drug-likeness (QED) is 0.670. The number of hydrogen-bond donors (Lipinski definition) is 2. The van der Waals surface area contributed by atoms with Gasteiger partial charge >= 0.3 is 0 Å². The van der Waals surface area contributed by atoms with Crippen molar-refractivity contribution in [3.8, 4) is 11.4 Å². The van der Waals surface area contributed by atoms with E-state index in [2.05, 4.69) is 34.7 Å². The number of tetrazole rings is 1. The van der Waals surface area contributed by atoms with Crippen LogP contribution in [0, 0.1) is 5.92 Å². The minimum absolute atomic E-state index is 0.302. The highest BCUT2D eigenvalue weighted by Gasteiger charge is 2.17. The molecule has 0 aliphatic carbocycles. The van der Waals surface area contributed by atoms with Crippen molar-refractivity contribution in [3.05, 3.63) is 54.1 Å². The third-order valence-corrected chi connectivity index (χ3v) is 4.80. The summed E-state index contributed by atoms with van der Waals surface area (Å²) >= 11 is 0. The second-order valence-electron chi connectivity index (χ2n) is 6.47. The van der Waals surface area contributed by atoms with Crippen molar-refractivity contribution in [3.63, 3.8) is 0 Å². The molecule has 6 nitrogen and oxygen atoms in total. The Morgan fingerprint density at radius 1 is 0.962 bits per heavy atom. The lowest BCUT2D eigenvalue weighted by atomic mass is 9.91. The third-order valence-electron chi connectivity index (χ3n) is 4.80. The van der Waals surface area contributed by atoms with Gasteiger partial charge in [0, 0.05) is 24.0 Å². The maximum absolute atomic E-state index is 10.5. The number of aromatic nitrogens is 4. The molecule has 136 valence electrons. The Bertz CT molecular complexity index is 822. The number of anilines is 2. The molecule has 1 heterocycles. The number of nitrogens with one attached hydrogen (secondary N) is 1. The molecule has 0 fully saturated rings. The van der Waals surface area contributed by atoms with Crippen molar-refractivity contribution in [2.75, 3.05) is 5.32 Å². The first-order valence-corrected chi connectivity index (χ1v) is 9.00. The van der Waals surface area contributed by atoms with Gasteiger partial charge in [0.1, 0.15) is 0 Å². The van der Waals surface area contributed by atoms with Crippen molar-refractivity contribution in [1.82, 2.24) is 20.2 Å². The maximum Gasteiger partial charge on any atom is 0.181 e. The second kappa shape index (κ2) is 8.10. The molecule has 0 amide bonds. The number of nitrogens with zero attached hydrogens (tertiary/aromatic N) is 4. The lowest BCUT2D eigenvalue weighted by Crippen LogP contribution is -2.10. The molecular weight excluding hydrogens is 326 g/mol. The molecule has 0 bridgehead atoms. The highest BCUT2D eigenvalue weighted by Crippen LogP contribution is 2.28. The smallest absolute Gasteiger partial charge is 0.181 e. The number of rotatable bonds is 7. The Labute approximate surface area is 153 Å². The number of aryl methyl sites for hydroxylation is 1. The minimum atomic E-state index is -0.404. The first kappa shape index (κ1) is 18.1. The molecule has 2 aromatic carbocycles. The van der Waals surface area contributed by atoms with Crippen LogP contribution in [0.3, 0.4) is 0 Å². The molecule has 26 heavy (non-hydrogen) atoms. The van der Waals surface area contributed by atoms with Gasteiger partial charge in [-0.1, -0.05) is 38.8 Å². The lowest BCUT2D eigenvalue weighted by molar-refractivity contribution is 0.103. The highest BCUT2D eigenvalue weighted by molar-refractivity contribution is 5.64. The van der Waals surface area contributed by atoms with E-state index in [-0.39, 0.29) is 0 Å². The molecule has 3 aromatic rings. The Kier molecular flexibility index (Phi) is 5.63. The summed E-state index contributed by atoms with van der Waals surface area (Å²) < 4.78 is 1.65. The summed E-state index contributed by atoms with van der Waals surface area (Å²) in [5.74, 6) is 1.03. The van der Waals surface area contributed by atoms with E-state index in [4.69, 9.17) is 0 Å². The monoisotopic (exact) mass is 351 g/mol. The van der Waals surface area contributed by atoms with Crippen LogP contribution in [0.5, 0.6) is 0 Å². The fourth-order valence-corrected chi connectivity index (χ4v) is 3.11. The summed E-state index contributed by atoms with van der Waals surface area (Å²) in [6, 6.07) is 15.9. The Morgan fingerprint density at radius 2 is 1.54 bits per heavy atom. The van der Waals surface area contributed by atoms with E-state index in [1.165, 1.54) is 0 Å². The first-order chi connectivity index (χ1) is 12.6. The molecule has 6 heteroatoms. The zero-order chi connectivity index (χ0) is 18.5. The van der Waals surface area contributed by atoms with E-state index in [0.29, 0.717) is 5.92 Å². The summed E-state index contributed by atoms with van der Waals surface area (Å²) in [6.45, 7) is 4.24. The standard InChI is InChI=1S/C20H25N5O/c1-4-14(5-2)19(26)15-6-10-17(11-7-15)21-18-12-8-16(9-13-18)20-22-23-24-25(20)3/h6-14,19,21,26H,4-5H2,1-3H3. The lowest BCUT2D eigenvalue weighted by Gasteiger charge is -2.20. The van der Waals surface area contributed by atoms with Crippen LogP contribution >= 0.6 is 0 Å². The summed E-state index contributed by atoms with van der Waals surface area (Å²) in [4.78, 5) is 0. The van der Waals surface area contributed by atoms with Crippen molar-refractivity contribution in [1.29, 1.82) is 0 Å². The molecule has 2 N–H and O–H groups in total. The molecule has 0 aliphatic heterocycles. The van der Waals surface area contributed by atoms with E-state index in [1.54, 1.807) is 4.68 Å². The van der Waals surface area contributed by atoms with Gasteiger partial charge in [-0.2, -0.15) is 0 Å². The maximum atomic E-state index is 10.5. The fourth-order valence-electron chi connectivity index (χ4n) is 3.11. The van der Waals surface area contributed by atoms with Crippen LogP contribution in [0.25, 0.3) is 11.4 Å². The molecule has 1 aromatic heterocycles. The number of benzene rings is 2. The summed E-state index contributed by atoms with van der Waals surface area (Å²) in [6.07, 6.45) is 1.55. The largest absolute Gasteiger partial charge is 0.388 e. The summed E-state index contributed by atoms with van der Waals surface area (Å²) in [7, 11) is 1.82. The van der Waals surface area contributed by atoms with E-state index >= 15 is 0 Å². The Hall–Kier alpha value is -2.73. The van der Waals surface area contributed by atoms with Gasteiger partial charge in [-0.25, -0.2) is 4.68 Å². The van der Waals surface area contributed by atoms with Gasteiger partial charge in [-0.05, 0) is 58.3 Å². The molecule has 0 radical (unpaired) electrons. The zero-order valence-corrected chi connectivity index (χ0v) is 15.4. The Morgan fingerprint density at radius 3 is 2.04 bits per heavy atom. The van der Waals surface area contributed by atoms with Crippen LogP contribution < -0.4 is 5.32 Å². The third kappa shape index (κ3) is 3.91. The van der Waals surface area contributed by atoms with E-state index in [1.807, 2.05) is 55.6 Å². The van der Waals surface area contributed by atoms with Gasteiger partial charge in [0.25, 0.3) is 0 Å². The zero-order valence-electron chi connectivity index (χ0n) is 15.4. The van der Waals surface area contributed by atoms with Crippen LogP contribution in [-0.4, -0.2) is 25.3 Å². The summed E-state index contributed by atoms with van der Waals surface area (Å²) in [5, 5.41) is 25.4. The number of hydrogen-bond acceptors (Lipinski definition) is 5. The predicted octanol–water partition coefficient (Wildman–Crippen LogP) is 4.09.